The van der Waals surface area contributed by atoms with Gasteiger partial charge in [0.25, 0.3) is 0 Å². The number of hydrogen-bond donors (Lipinski definition) is 0. The summed E-state index contributed by atoms with van der Waals surface area (Å²) < 4.78 is 16.1. The van der Waals surface area contributed by atoms with Crippen LogP contribution in [0.4, 0.5) is 0 Å². The summed E-state index contributed by atoms with van der Waals surface area (Å²) in [4.78, 5) is 0. The molecule has 0 N–H and O–H groups in total. The number of aryl methyl sites for hydroxylation is 1. The summed E-state index contributed by atoms with van der Waals surface area (Å²) in [5, 5.41) is 0.642. The van der Waals surface area contributed by atoms with E-state index in [1.54, 1.807) is 0 Å². The van der Waals surface area contributed by atoms with Crippen molar-refractivity contribution in [2.75, 3.05) is 0 Å². The van der Waals surface area contributed by atoms with Crippen molar-refractivity contribution in [2.24, 2.45) is 0 Å². The lowest BCUT2D eigenvalue weighted by atomic mass is 10.1. The number of benzene rings is 1. The lowest BCUT2D eigenvalue weighted by Crippen LogP contribution is -2.32. The normalized spacial score (nSPS) is 13.9. The fourth-order valence-electron chi connectivity index (χ4n) is 3.21. The van der Waals surface area contributed by atoms with Crippen LogP contribution in [-0.4, -0.2) is 14.6 Å². The molecule has 0 bridgehead atoms. The molecule has 0 fully saturated rings. The van der Waals surface area contributed by atoms with Crippen molar-refractivity contribution in [1.82, 2.24) is 4.34 Å². The summed E-state index contributed by atoms with van der Waals surface area (Å²) in [6.45, 7) is 14.6. The first kappa shape index (κ1) is 15.4. The highest BCUT2D eigenvalue weighted by Gasteiger charge is 2.48. The van der Waals surface area contributed by atoms with Gasteiger partial charge >= 0.3 is 0 Å². The van der Waals surface area contributed by atoms with E-state index in [2.05, 4.69) is 71.0 Å². The number of aromatic nitrogens is 1. The van der Waals surface area contributed by atoms with E-state index in [1.807, 2.05) is 12.3 Å². The Hall–Kier alpha value is -1.01. The first-order chi connectivity index (χ1) is 9.00. The van der Waals surface area contributed by atoms with Crippen LogP contribution in [0, 0.1) is 6.92 Å². The minimum Gasteiger partial charge on any atom is -0.299 e. The van der Waals surface area contributed by atoms with Crippen molar-refractivity contribution in [3.8, 4) is 0 Å². The number of fused-ring (bicyclic) bond motifs is 1. The summed E-state index contributed by atoms with van der Waals surface area (Å²) in [7, 11) is -2.64. The van der Waals surface area contributed by atoms with Crippen LogP contribution >= 0.6 is 7.29 Å². The number of hydrogen-bond acceptors (Lipinski definition) is 1. The summed E-state index contributed by atoms with van der Waals surface area (Å²) in [5.74, 6) is 0. The molecule has 2 nitrogen and oxygen atoms in total. The van der Waals surface area contributed by atoms with Gasteiger partial charge in [-0.05, 0) is 24.6 Å². The van der Waals surface area contributed by atoms with Crippen LogP contribution in [0.25, 0.3) is 10.9 Å². The van der Waals surface area contributed by atoms with Gasteiger partial charge in [0.2, 0.25) is 0 Å². The fourth-order valence-corrected chi connectivity index (χ4v) is 7.24. The molecule has 1 aromatic heterocycles. The highest BCUT2D eigenvalue weighted by molar-refractivity contribution is 7.65. The lowest BCUT2D eigenvalue weighted by molar-refractivity contribution is 0.509. The third-order valence-electron chi connectivity index (χ3n) is 4.05. The molecule has 0 unspecified atom stereocenters. The predicted molar refractivity (Wildman–Crippen MR) is 89.2 cm³/mol. The van der Waals surface area contributed by atoms with Gasteiger partial charge in [-0.25, -0.2) is 0 Å². The van der Waals surface area contributed by atoms with Crippen molar-refractivity contribution in [1.29, 1.82) is 0 Å². The van der Waals surface area contributed by atoms with Gasteiger partial charge in [0.1, 0.15) is 0 Å². The van der Waals surface area contributed by atoms with E-state index in [-0.39, 0.29) is 10.3 Å². The Morgan fingerprint density at radius 3 is 2.00 bits per heavy atom. The van der Waals surface area contributed by atoms with Gasteiger partial charge < -0.3 is 0 Å². The van der Waals surface area contributed by atoms with Crippen LogP contribution in [-0.2, 0) is 4.57 Å². The van der Waals surface area contributed by atoms with Crippen LogP contribution in [0.1, 0.15) is 47.1 Å². The Morgan fingerprint density at radius 1 is 0.950 bits per heavy atom. The second kappa shape index (κ2) is 4.49. The Kier molecular flexibility index (Phi) is 3.46. The first-order valence-electron chi connectivity index (χ1n) is 7.18. The summed E-state index contributed by atoms with van der Waals surface area (Å²) in [5.41, 5.74) is 2.31. The van der Waals surface area contributed by atoms with E-state index >= 15 is 0 Å². The Morgan fingerprint density at radius 2 is 1.50 bits per heavy atom. The molecule has 0 amide bonds. The fraction of sp³-hybridized carbons (Fsp3) is 0.529. The predicted octanol–water partition coefficient (Wildman–Crippen LogP) is 5.67. The average molecular weight is 291 g/mol. The summed E-state index contributed by atoms with van der Waals surface area (Å²) in [6.07, 6.45) is 2.01. The molecule has 0 saturated carbocycles. The molecule has 2 rings (SSSR count). The standard InChI is InChI=1S/C17H26NOP/c1-13-9-8-10-15-14(13)11-12-18(15)20(19,16(2,3)4)17(5,6)7/h8-12H,1-7H3. The van der Waals surface area contributed by atoms with E-state index < -0.39 is 7.29 Å². The molecule has 20 heavy (non-hydrogen) atoms. The summed E-state index contributed by atoms with van der Waals surface area (Å²) >= 11 is 0. The summed E-state index contributed by atoms with van der Waals surface area (Å²) in [6, 6.07) is 8.32. The third kappa shape index (κ3) is 2.05. The Bertz CT molecular complexity index is 665. The van der Waals surface area contributed by atoms with Gasteiger partial charge in [-0.2, -0.15) is 0 Å². The molecule has 0 radical (unpaired) electrons. The van der Waals surface area contributed by atoms with Crippen LogP contribution in [0.5, 0.6) is 0 Å². The molecule has 0 spiro atoms. The molecule has 0 aliphatic heterocycles. The van der Waals surface area contributed by atoms with Crippen molar-refractivity contribution >= 4 is 18.2 Å². The monoisotopic (exact) mass is 291 g/mol. The molecule has 3 heteroatoms. The molecule has 0 aliphatic carbocycles. The molecule has 1 heterocycles. The molecular formula is C17H26NOP. The minimum atomic E-state index is -2.64. The lowest BCUT2D eigenvalue weighted by Gasteiger charge is -2.42. The second-order valence-electron chi connectivity index (χ2n) is 7.59. The zero-order valence-corrected chi connectivity index (χ0v) is 14.6. The average Bonchev–Trinajstić information content (AvgIpc) is 2.70. The largest absolute Gasteiger partial charge is 0.299 e. The highest BCUT2D eigenvalue weighted by Crippen LogP contribution is 2.68. The van der Waals surface area contributed by atoms with Gasteiger partial charge in [-0.1, -0.05) is 53.7 Å². The van der Waals surface area contributed by atoms with Crippen LogP contribution in [0.3, 0.4) is 0 Å². The number of nitrogens with zero attached hydrogens (tertiary/aromatic N) is 1. The van der Waals surface area contributed by atoms with E-state index in [0.717, 1.165) is 5.52 Å². The topological polar surface area (TPSA) is 22.0 Å². The molecule has 0 saturated heterocycles. The minimum absolute atomic E-state index is 0.277. The van der Waals surface area contributed by atoms with E-state index in [9.17, 15) is 4.57 Å². The van der Waals surface area contributed by atoms with Crippen molar-refractivity contribution < 1.29 is 4.57 Å². The van der Waals surface area contributed by atoms with Crippen molar-refractivity contribution in [3.63, 3.8) is 0 Å². The van der Waals surface area contributed by atoms with Gasteiger partial charge in [0.05, 0.1) is 5.52 Å². The SMILES string of the molecule is Cc1cccc2c1ccn2P(=O)(C(C)(C)C)C(C)(C)C. The van der Waals surface area contributed by atoms with E-state index in [0.29, 0.717) is 0 Å². The van der Waals surface area contributed by atoms with Gasteiger partial charge in [-0.3, -0.25) is 8.90 Å². The van der Waals surface area contributed by atoms with Crippen molar-refractivity contribution in [2.45, 2.75) is 58.8 Å². The van der Waals surface area contributed by atoms with Crippen LogP contribution in [0.15, 0.2) is 30.5 Å². The maximum atomic E-state index is 14.0. The maximum Gasteiger partial charge on any atom is 0.186 e. The number of rotatable bonds is 1. The van der Waals surface area contributed by atoms with Gasteiger partial charge in [0, 0.05) is 21.9 Å². The molecule has 0 atom stereocenters. The van der Waals surface area contributed by atoms with Gasteiger partial charge in [0.15, 0.2) is 7.29 Å². The molecule has 2 aromatic rings. The molecule has 1 aromatic carbocycles. The molecule has 0 aliphatic rings. The Balaban J connectivity index is 2.85. The smallest absolute Gasteiger partial charge is 0.186 e. The quantitative estimate of drug-likeness (QED) is 0.620. The van der Waals surface area contributed by atoms with Gasteiger partial charge in [-0.15, -0.1) is 0 Å². The Labute approximate surface area is 122 Å². The third-order valence-corrected chi connectivity index (χ3v) is 8.65. The highest BCUT2D eigenvalue weighted by atomic mass is 31.2. The van der Waals surface area contributed by atoms with Crippen molar-refractivity contribution in [3.05, 3.63) is 36.0 Å². The van der Waals surface area contributed by atoms with E-state index in [1.165, 1.54) is 10.9 Å². The molecule has 110 valence electrons. The molecular weight excluding hydrogens is 265 g/mol. The van der Waals surface area contributed by atoms with Crippen LogP contribution < -0.4 is 0 Å². The zero-order valence-electron chi connectivity index (χ0n) is 13.7. The second-order valence-corrected chi connectivity index (χ2v) is 11.9. The first-order valence-corrected chi connectivity index (χ1v) is 8.84. The zero-order chi connectivity index (χ0) is 15.3. The maximum absolute atomic E-state index is 14.0. The van der Waals surface area contributed by atoms with Crippen LogP contribution in [0.2, 0.25) is 0 Å². The van der Waals surface area contributed by atoms with E-state index in [4.69, 9.17) is 0 Å².